The minimum Gasteiger partial charge on any atom is -0.497 e. The highest BCUT2D eigenvalue weighted by Crippen LogP contribution is 2.22. The molecule has 1 atom stereocenters. The van der Waals surface area contributed by atoms with E-state index in [-0.39, 0.29) is 18.5 Å². The molecule has 9 heteroatoms. The Morgan fingerprint density at radius 1 is 1.29 bits per heavy atom. The number of aliphatic imine (C=N–C) groups is 1. The van der Waals surface area contributed by atoms with Gasteiger partial charge in [-0.05, 0) is 38.7 Å². The molecule has 168 valence electrons. The van der Waals surface area contributed by atoms with Crippen LogP contribution in [0, 0.1) is 0 Å². The molecule has 1 N–H and O–H groups in total. The lowest BCUT2D eigenvalue weighted by atomic mass is 10.1. The summed E-state index contributed by atoms with van der Waals surface area (Å²) in [6.45, 7) is 4.96. The molecule has 0 spiro atoms. The Morgan fingerprint density at radius 2 is 2.03 bits per heavy atom. The highest BCUT2D eigenvalue weighted by molar-refractivity contribution is 5.98. The van der Waals surface area contributed by atoms with E-state index in [0.717, 1.165) is 23.9 Å². The summed E-state index contributed by atoms with van der Waals surface area (Å²) in [6.07, 6.45) is 3.59. The van der Waals surface area contributed by atoms with Crippen molar-refractivity contribution in [2.24, 2.45) is 12.0 Å². The van der Waals surface area contributed by atoms with Gasteiger partial charge in [-0.25, -0.2) is 0 Å². The predicted molar refractivity (Wildman–Crippen MR) is 123 cm³/mol. The maximum Gasteiger partial charge on any atom is 0.246 e. The Labute approximate surface area is 184 Å². The standard InChI is InChI=1S/C22H33N7O2/c1-6-23-22(24-14-20(26(2)3)17-7-9-19(31-5)10-8-17)28-11-12-29(21(30)16-28)18-13-25-27(4)15-18/h7-10,13,15,20H,6,11-12,14,16H2,1-5H3,(H,23,24). The molecule has 1 aromatic carbocycles. The number of carbonyl (C=O) groups excluding carboxylic acids is 1. The zero-order valence-electron chi connectivity index (χ0n) is 19.1. The number of nitrogens with one attached hydrogen (secondary N) is 1. The number of aromatic nitrogens is 2. The first-order valence-corrected chi connectivity index (χ1v) is 10.6. The summed E-state index contributed by atoms with van der Waals surface area (Å²) in [5.74, 6) is 1.65. The molecule has 1 unspecified atom stereocenters. The number of likely N-dealkylation sites (N-methyl/N-ethyl adjacent to an activating group) is 1. The minimum absolute atomic E-state index is 0.0455. The topological polar surface area (TPSA) is 78.2 Å². The third kappa shape index (κ3) is 5.55. The van der Waals surface area contributed by atoms with Gasteiger partial charge in [-0.15, -0.1) is 0 Å². The zero-order chi connectivity index (χ0) is 22.4. The summed E-state index contributed by atoms with van der Waals surface area (Å²) in [5.41, 5.74) is 2.00. The van der Waals surface area contributed by atoms with Gasteiger partial charge in [0.25, 0.3) is 0 Å². The second kappa shape index (κ2) is 10.3. The Bertz CT molecular complexity index is 892. The zero-order valence-corrected chi connectivity index (χ0v) is 19.1. The van der Waals surface area contributed by atoms with Gasteiger partial charge in [0.15, 0.2) is 5.96 Å². The van der Waals surface area contributed by atoms with Gasteiger partial charge in [0.05, 0.1) is 31.6 Å². The van der Waals surface area contributed by atoms with Gasteiger partial charge in [-0.2, -0.15) is 5.10 Å². The van der Waals surface area contributed by atoms with Crippen LogP contribution in [0.5, 0.6) is 5.75 Å². The van der Waals surface area contributed by atoms with E-state index in [4.69, 9.17) is 9.73 Å². The number of guanidine groups is 1. The normalized spacial score (nSPS) is 16.1. The summed E-state index contributed by atoms with van der Waals surface area (Å²) in [7, 11) is 7.62. The molecule has 9 nitrogen and oxygen atoms in total. The molecule has 1 aliphatic rings. The summed E-state index contributed by atoms with van der Waals surface area (Å²) >= 11 is 0. The van der Waals surface area contributed by atoms with Gasteiger partial charge in [0.1, 0.15) is 12.3 Å². The van der Waals surface area contributed by atoms with Gasteiger partial charge < -0.3 is 24.8 Å². The number of aryl methyl sites for hydroxylation is 1. The fraction of sp³-hybridized carbons (Fsp3) is 0.500. The van der Waals surface area contributed by atoms with Gasteiger partial charge in [-0.1, -0.05) is 12.1 Å². The number of methoxy groups -OCH3 is 1. The molecule has 0 bridgehead atoms. The van der Waals surface area contributed by atoms with E-state index < -0.39 is 0 Å². The Kier molecular flexibility index (Phi) is 7.51. The van der Waals surface area contributed by atoms with E-state index in [2.05, 4.69) is 27.4 Å². The van der Waals surface area contributed by atoms with Crippen molar-refractivity contribution >= 4 is 17.6 Å². The number of rotatable bonds is 7. The van der Waals surface area contributed by atoms with Crippen molar-refractivity contribution in [3.8, 4) is 5.75 Å². The molecule has 1 fully saturated rings. The van der Waals surface area contributed by atoms with Gasteiger partial charge in [0.2, 0.25) is 5.91 Å². The first-order chi connectivity index (χ1) is 14.9. The number of benzene rings is 1. The van der Waals surface area contributed by atoms with Crippen LogP contribution in [0.2, 0.25) is 0 Å². The quantitative estimate of drug-likeness (QED) is 0.531. The third-order valence-corrected chi connectivity index (χ3v) is 5.40. The van der Waals surface area contributed by atoms with E-state index in [1.165, 1.54) is 5.56 Å². The molecular weight excluding hydrogens is 394 g/mol. The monoisotopic (exact) mass is 427 g/mol. The summed E-state index contributed by atoms with van der Waals surface area (Å²) < 4.78 is 6.98. The summed E-state index contributed by atoms with van der Waals surface area (Å²) in [6, 6.07) is 8.20. The highest BCUT2D eigenvalue weighted by Gasteiger charge is 2.28. The van der Waals surface area contributed by atoms with Crippen LogP contribution in [0.4, 0.5) is 5.69 Å². The van der Waals surface area contributed by atoms with Crippen LogP contribution in [-0.4, -0.2) is 85.4 Å². The van der Waals surface area contributed by atoms with E-state index in [0.29, 0.717) is 19.6 Å². The number of nitrogens with zero attached hydrogens (tertiary/aromatic N) is 6. The SMILES string of the molecule is CCNC(=NCC(c1ccc(OC)cc1)N(C)C)N1CCN(c2cnn(C)c2)C(=O)C1. The van der Waals surface area contributed by atoms with Crippen LogP contribution >= 0.6 is 0 Å². The molecule has 0 radical (unpaired) electrons. The summed E-state index contributed by atoms with van der Waals surface area (Å²) in [5, 5.41) is 7.52. The number of piperazine rings is 1. The van der Waals surface area contributed by atoms with E-state index in [1.807, 2.05) is 51.3 Å². The summed E-state index contributed by atoms with van der Waals surface area (Å²) in [4.78, 5) is 23.6. The largest absolute Gasteiger partial charge is 0.497 e. The van der Waals surface area contributed by atoms with E-state index in [1.54, 1.807) is 22.9 Å². The van der Waals surface area contributed by atoms with Crippen molar-refractivity contribution in [2.45, 2.75) is 13.0 Å². The number of amides is 1. The molecule has 0 saturated carbocycles. The van der Waals surface area contributed by atoms with Crippen molar-refractivity contribution in [2.75, 3.05) is 58.8 Å². The van der Waals surface area contributed by atoms with Gasteiger partial charge in [-0.3, -0.25) is 14.5 Å². The molecule has 1 aliphatic heterocycles. The van der Waals surface area contributed by atoms with E-state index >= 15 is 0 Å². The van der Waals surface area contributed by atoms with E-state index in [9.17, 15) is 4.79 Å². The Balaban J connectivity index is 1.72. The van der Waals surface area contributed by atoms with Crippen LogP contribution in [0.3, 0.4) is 0 Å². The van der Waals surface area contributed by atoms with Crippen LogP contribution in [0.25, 0.3) is 0 Å². The highest BCUT2D eigenvalue weighted by atomic mass is 16.5. The van der Waals surface area contributed by atoms with Crippen molar-refractivity contribution in [1.29, 1.82) is 0 Å². The second-order valence-corrected chi connectivity index (χ2v) is 7.79. The van der Waals surface area contributed by atoms with Gasteiger partial charge >= 0.3 is 0 Å². The first kappa shape index (κ1) is 22.6. The van der Waals surface area contributed by atoms with Crippen molar-refractivity contribution in [3.05, 3.63) is 42.2 Å². The number of hydrogen-bond acceptors (Lipinski definition) is 5. The average Bonchev–Trinajstić information content (AvgIpc) is 3.19. The number of hydrogen-bond donors (Lipinski definition) is 1. The number of carbonyl (C=O) groups is 1. The lowest BCUT2D eigenvalue weighted by Crippen LogP contribution is -2.55. The van der Waals surface area contributed by atoms with Crippen molar-refractivity contribution < 1.29 is 9.53 Å². The molecule has 1 saturated heterocycles. The fourth-order valence-electron chi connectivity index (χ4n) is 3.67. The van der Waals surface area contributed by atoms with Crippen LogP contribution in [0.1, 0.15) is 18.5 Å². The Hall–Kier alpha value is -3.07. The maximum absolute atomic E-state index is 12.8. The smallest absolute Gasteiger partial charge is 0.246 e. The average molecular weight is 428 g/mol. The first-order valence-electron chi connectivity index (χ1n) is 10.6. The number of ether oxygens (including phenoxy) is 1. The van der Waals surface area contributed by atoms with Gasteiger partial charge in [0, 0.05) is 32.9 Å². The molecular formula is C22H33N7O2. The van der Waals surface area contributed by atoms with Crippen LogP contribution < -0.4 is 15.0 Å². The second-order valence-electron chi connectivity index (χ2n) is 7.79. The van der Waals surface area contributed by atoms with Crippen molar-refractivity contribution in [1.82, 2.24) is 24.9 Å². The lowest BCUT2D eigenvalue weighted by molar-refractivity contribution is -0.120. The molecule has 2 aromatic rings. The molecule has 31 heavy (non-hydrogen) atoms. The van der Waals surface area contributed by atoms with Crippen molar-refractivity contribution in [3.63, 3.8) is 0 Å². The number of anilines is 1. The molecule has 1 aromatic heterocycles. The Morgan fingerprint density at radius 3 is 2.58 bits per heavy atom. The molecule has 3 rings (SSSR count). The van der Waals surface area contributed by atoms with Crippen LogP contribution in [-0.2, 0) is 11.8 Å². The molecule has 2 heterocycles. The maximum atomic E-state index is 12.8. The predicted octanol–water partition coefficient (Wildman–Crippen LogP) is 1.35. The molecule has 0 aliphatic carbocycles. The fourth-order valence-corrected chi connectivity index (χ4v) is 3.67. The van der Waals surface area contributed by atoms with Crippen LogP contribution in [0.15, 0.2) is 41.7 Å². The molecule has 1 amide bonds. The minimum atomic E-state index is 0.0455. The third-order valence-electron chi connectivity index (χ3n) is 5.40. The lowest BCUT2D eigenvalue weighted by Gasteiger charge is -2.35.